The standard InChI is InChI=1S/C29H40N2O7/c1-3-4-10-24(34)31(16-18-8-6-5-7-9-18)22-15-21(29(36)30-11-12-32)25-20-13-19(17-33)14-23(37-2)27(20)38-28(25)26(22)35/h4,10,13-15,18,22,25-26,28,32-33,35H,3,5-9,11-12,16-17H2,1-2H3,(H,30,36). The van der Waals surface area contributed by atoms with Gasteiger partial charge < -0.3 is 35.0 Å². The summed E-state index contributed by atoms with van der Waals surface area (Å²) < 4.78 is 11.8. The van der Waals surface area contributed by atoms with Crippen LogP contribution in [-0.2, 0) is 16.2 Å². The number of allylic oxidation sites excluding steroid dienone is 1. The lowest BCUT2D eigenvalue weighted by Crippen LogP contribution is -2.56. The van der Waals surface area contributed by atoms with E-state index in [1.54, 1.807) is 35.3 Å². The zero-order valence-corrected chi connectivity index (χ0v) is 22.3. The Morgan fingerprint density at radius 2 is 1.97 bits per heavy atom. The van der Waals surface area contributed by atoms with Gasteiger partial charge in [-0.25, -0.2) is 0 Å². The third-order valence-electron chi connectivity index (χ3n) is 7.81. The van der Waals surface area contributed by atoms with Gasteiger partial charge in [0, 0.05) is 24.2 Å². The topological polar surface area (TPSA) is 129 Å². The normalized spacial score (nSPS) is 24.8. The van der Waals surface area contributed by atoms with Crippen LogP contribution in [0.25, 0.3) is 0 Å². The van der Waals surface area contributed by atoms with E-state index >= 15 is 0 Å². The molecule has 208 valence electrons. The van der Waals surface area contributed by atoms with E-state index in [-0.39, 0.29) is 25.7 Å². The molecule has 0 aromatic heterocycles. The Morgan fingerprint density at radius 1 is 1.21 bits per heavy atom. The molecule has 3 aliphatic rings. The minimum Gasteiger partial charge on any atom is -0.493 e. The van der Waals surface area contributed by atoms with Crippen molar-refractivity contribution in [2.24, 2.45) is 5.92 Å². The third-order valence-corrected chi connectivity index (χ3v) is 7.81. The van der Waals surface area contributed by atoms with E-state index in [9.17, 15) is 24.9 Å². The Kier molecular flexibility index (Phi) is 9.46. The van der Waals surface area contributed by atoms with Crippen molar-refractivity contribution in [1.29, 1.82) is 0 Å². The molecule has 9 nitrogen and oxygen atoms in total. The zero-order valence-electron chi connectivity index (χ0n) is 22.3. The molecule has 0 bridgehead atoms. The second-order valence-corrected chi connectivity index (χ2v) is 10.3. The lowest BCUT2D eigenvalue weighted by Gasteiger charge is -2.42. The summed E-state index contributed by atoms with van der Waals surface area (Å²) in [5, 5.41) is 33.6. The molecule has 4 N–H and O–H groups in total. The summed E-state index contributed by atoms with van der Waals surface area (Å²) in [5.41, 5.74) is 1.59. The highest BCUT2D eigenvalue weighted by atomic mass is 16.5. The third kappa shape index (κ3) is 5.75. The zero-order chi connectivity index (χ0) is 27.2. The van der Waals surface area contributed by atoms with E-state index < -0.39 is 30.1 Å². The van der Waals surface area contributed by atoms with Gasteiger partial charge in [0.2, 0.25) is 11.8 Å². The maximum atomic E-state index is 13.4. The Bertz CT molecular complexity index is 1060. The van der Waals surface area contributed by atoms with E-state index in [1.807, 2.05) is 6.92 Å². The first-order valence-electron chi connectivity index (χ1n) is 13.7. The van der Waals surface area contributed by atoms with Crippen molar-refractivity contribution in [3.05, 3.63) is 47.1 Å². The van der Waals surface area contributed by atoms with Crippen molar-refractivity contribution in [3.63, 3.8) is 0 Å². The Hall–Kier alpha value is -2.88. The monoisotopic (exact) mass is 528 g/mol. The lowest BCUT2D eigenvalue weighted by molar-refractivity contribution is -0.133. The van der Waals surface area contributed by atoms with Crippen LogP contribution in [0, 0.1) is 5.92 Å². The second-order valence-electron chi connectivity index (χ2n) is 10.3. The predicted molar refractivity (Wildman–Crippen MR) is 142 cm³/mol. The molecule has 38 heavy (non-hydrogen) atoms. The average molecular weight is 529 g/mol. The molecule has 4 rings (SSSR count). The number of ether oxygens (including phenoxy) is 2. The first-order chi connectivity index (χ1) is 18.4. The number of carbonyl (C=O) groups excluding carboxylic acids is 2. The maximum absolute atomic E-state index is 13.4. The summed E-state index contributed by atoms with van der Waals surface area (Å²) in [6.07, 6.45) is 9.26. The molecule has 1 aliphatic heterocycles. The number of hydrogen-bond donors (Lipinski definition) is 4. The molecule has 9 heteroatoms. The predicted octanol–water partition coefficient (Wildman–Crippen LogP) is 2.19. The highest BCUT2D eigenvalue weighted by molar-refractivity contribution is 5.96. The van der Waals surface area contributed by atoms with Crippen LogP contribution < -0.4 is 14.8 Å². The Balaban J connectivity index is 1.78. The molecule has 1 aromatic carbocycles. The van der Waals surface area contributed by atoms with Crippen LogP contribution in [-0.4, -0.2) is 77.1 Å². The minimum absolute atomic E-state index is 0.0679. The number of methoxy groups -OCH3 is 1. The Labute approximate surface area is 224 Å². The van der Waals surface area contributed by atoms with E-state index in [4.69, 9.17) is 9.47 Å². The summed E-state index contributed by atoms with van der Waals surface area (Å²) in [5.74, 6) is -0.0983. The fraction of sp³-hybridized carbons (Fsp3) is 0.586. The number of nitrogens with zero attached hydrogens (tertiary/aromatic N) is 1. The highest BCUT2D eigenvalue weighted by Gasteiger charge is 2.51. The molecule has 1 aromatic rings. The van der Waals surface area contributed by atoms with E-state index in [0.717, 1.165) is 25.7 Å². The molecule has 2 aliphatic carbocycles. The van der Waals surface area contributed by atoms with Gasteiger partial charge in [-0.2, -0.15) is 0 Å². The van der Waals surface area contributed by atoms with E-state index in [1.165, 1.54) is 13.5 Å². The number of nitrogens with one attached hydrogen (secondary N) is 1. The van der Waals surface area contributed by atoms with Gasteiger partial charge in [0.1, 0.15) is 12.2 Å². The molecule has 1 saturated carbocycles. The van der Waals surface area contributed by atoms with Crippen LogP contribution >= 0.6 is 0 Å². The molecular weight excluding hydrogens is 488 g/mol. The largest absolute Gasteiger partial charge is 0.493 e. The van der Waals surface area contributed by atoms with Gasteiger partial charge in [0.05, 0.1) is 32.3 Å². The summed E-state index contributed by atoms with van der Waals surface area (Å²) >= 11 is 0. The number of amides is 2. The number of rotatable bonds is 10. The van der Waals surface area contributed by atoms with Crippen molar-refractivity contribution >= 4 is 11.8 Å². The molecule has 1 heterocycles. The molecule has 1 fully saturated rings. The summed E-state index contributed by atoms with van der Waals surface area (Å²) in [4.78, 5) is 28.5. The Morgan fingerprint density at radius 3 is 2.63 bits per heavy atom. The van der Waals surface area contributed by atoms with Crippen LogP contribution in [0.2, 0.25) is 0 Å². The van der Waals surface area contributed by atoms with Crippen LogP contribution in [0.4, 0.5) is 0 Å². The van der Waals surface area contributed by atoms with Crippen LogP contribution in [0.1, 0.15) is 62.5 Å². The minimum atomic E-state index is -1.10. The average Bonchev–Trinajstić information content (AvgIpc) is 3.34. The highest BCUT2D eigenvalue weighted by Crippen LogP contribution is 2.51. The first-order valence-corrected chi connectivity index (χ1v) is 13.7. The molecule has 4 unspecified atom stereocenters. The van der Waals surface area contributed by atoms with Crippen molar-refractivity contribution in [3.8, 4) is 11.5 Å². The number of aliphatic hydroxyl groups excluding tert-OH is 3. The molecule has 2 amide bonds. The maximum Gasteiger partial charge on any atom is 0.247 e. The van der Waals surface area contributed by atoms with Crippen molar-refractivity contribution < 1.29 is 34.4 Å². The number of hydrogen-bond acceptors (Lipinski definition) is 7. The van der Waals surface area contributed by atoms with Gasteiger partial charge in [-0.05, 0) is 55.0 Å². The molecule has 0 saturated heterocycles. The van der Waals surface area contributed by atoms with Crippen molar-refractivity contribution in [2.45, 2.75) is 76.2 Å². The van der Waals surface area contributed by atoms with E-state index in [2.05, 4.69) is 5.32 Å². The number of aliphatic hydroxyl groups is 3. The van der Waals surface area contributed by atoms with Crippen LogP contribution in [0.3, 0.4) is 0 Å². The van der Waals surface area contributed by atoms with Gasteiger partial charge in [-0.1, -0.05) is 32.3 Å². The first kappa shape index (κ1) is 28.1. The van der Waals surface area contributed by atoms with Gasteiger partial charge in [0.25, 0.3) is 0 Å². The smallest absolute Gasteiger partial charge is 0.247 e. The lowest BCUT2D eigenvalue weighted by atomic mass is 9.77. The van der Waals surface area contributed by atoms with Crippen molar-refractivity contribution in [1.82, 2.24) is 10.2 Å². The SMILES string of the molecule is CCC=CC(=O)N(CC1CCCCC1)C1C=C(C(=O)NCCO)C2c3cc(CO)cc(OC)c3OC2C1O. The van der Waals surface area contributed by atoms with Gasteiger partial charge in [-0.15, -0.1) is 0 Å². The van der Waals surface area contributed by atoms with Crippen LogP contribution in [0.5, 0.6) is 11.5 Å². The van der Waals surface area contributed by atoms with Gasteiger partial charge in [0.15, 0.2) is 11.5 Å². The van der Waals surface area contributed by atoms with Crippen LogP contribution in [0.15, 0.2) is 35.9 Å². The quantitative estimate of drug-likeness (QED) is 0.343. The number of fused-ring (bicyclic) bond motifs is 3. The molecule has 4 atom stereocenters. The second kappa shape index (κ2) is 12.8. The fourth-order valence-electron chi connectivity index (χ4n) is 5.94. The van der Waals surface area contributed by atoms with Gasteiger partial charge in [-0.3, -0.25) is 9.59 Å². The van der Waals surface area contributed by atoms with E-state index in [0.29, 0.717) is 47.1 Å². The number of carbonyl (C=O) groups is 2. The molecule has 0 spiro atoms. The summed E-state index contributed by atoms with van der Waals surface area (Å²) in [7, 11) is 1.50. The summed E-state index contributed by atoms with van der Waals surface area (Å²) in [6.45, 7) is 2.06. The van der Waals surface area contributed by atoms with Crippen molar-refractivity contribution in [2.75, 3.05) is 26.8 Å². The molecule has 0 radical (unpaired) electrons. The molecular formula is C29H40N2O7. The summed E-state index contributed by atoms with van der Waals surface area (Å²) in [6, 6.07) is 2.65. The van der Waals surface area contributed by atoms with Gasteiger partial charge >= 0.3 is 0 Å². The fourth-order valence-corrected chi connectivity index (χ4v) is 5.94. The number of benzene rings is 1.